The number of aliphatic hydroxyl groups excluding tert-OH is 1. The Kier molecular flexibility index (Phi) is 3.74. The van der Waals surface area contributed by atoms with E-state index >= 15 is 0 Å². The molecule has 18 heavy (non-hydrogen) atoms. The normalized spacial score (nSPS) is 13.3. The fourth-order valence-corrected chi connectivity index (χ4v) is 2.21. The second-order valence-electron chi connectivity index (χ2n) is 5.04. The molecule has 0 aliphatic carbocycles. The van der Waals surface area contributed by atoms with Crippen molar-refractivity contribution in [2.45, 2.75) is 25.4 Å². The summed E-state index contributed by atoms with van der Waals surface area (Å²) < 4.78 is 0. The van der Waals surface area contributed by atoms with E-state index in [9.17, 15) is 5.11 Å². The van der Waals surface area contributed by atoms with Gasteiger partial charge in [-0.1, -0.05) is 67.9 Å². The Morgan fingerprint density at radius 3 is 2.06 bits per heavy atom. The first kappa shape index (κ1) is 13.1. The highest BCUT2D eigenvalue weighted by atomic mass is 35.5. The van der Waals surface area contributed by atoms with E-state index in [0.29, 0.717) is 5.02 Å². The highest BCUT2D eigenvalue weighted by molar-refractivity contribution is 6.30. The van der Waals surface area contributed by atoms with Gasteiger partial charge in [-0.3, -0.25) is 0 Å². The summed E-state index contributed by atoms with van der Waals surface area (Å²) in [6, 6.07) is 17.4. The minimum Gasteiger partial charge on any atom is -0.388 e. The largest absolute Gasteiger partial charge is 0.388 e. The van der Waals surface area contributed by atoms with Crippen molar-refractivity contribution in [2.75, 3.05) is 0 Å². The van der Waals surface area contributed by atoms with Crippen molar-refractivity contribution in [1.82, 2.24) is 0 Å². The van der Waals surface area contributed by atoms with Crippen molar-refractivity contribution in [2.24, 2.45) is 0 Å². The quantitative estimate of drug-likeness (QED) is 0.870. The molecule has 0 aromatic heterocycles. The highest BCUT2D eigenvalue weighted by Gasteiger charge is 2.30. The molecule has 1 N–H and O–H groups in total. The summed E-state index contributed by atoms with van der Waals surface area (Å²) in [4.78, 5) is 0. The molecule has 94 valence electrons. The zero-order valence-electron chi connectivity index (χ0n) is 10.6. The van der Waals surface area contributed by atoms with Gasteiger partial charge in [-0.05, 0) is 23.3 Å². The third-order valence-corrected chi connectivity index (χ3v) is 3.64. The lowest BCUT2D eigenvalue weighted by Crippen LogP contribution is -2.26. The Hall–Kier alpha value is -1.31. The summed E-state index contributed by atoms with van der Waals surface area (Å²) in [5.41, 5.74) is 1.66. The molecular weight excluding hydrogens is 244 g/mol. The maximum absolute atomic E-state index is 10.5. The minimum absolute atomic E-state index is 0.338. The van der Waals surface area contributed by atoms with E-state index in [-0.39, 0.29) is 5.41 Å². The van der Waals surface area contributed by atoms with E-state index in [0.717, 1.165) is 11.1 Å². The molecule has 0 saturated carbocycles. The lowest BCUT2D eigenvalue weighted by Gasteiger charge is -2.31. The molecule has 2 heteroatoms. The Balaban J connectivity index is 2.32. The van der Waals surface area contributed by atoms with Gasteiger partial charge in [-0.25, -0.2) is 0 Å². The second-order valence-corrected chi connectivity index (χ2v) is 5.48. The van der Waals surface area contributed by atoms with Crippen LogP contribution < -0.4 is 0 Å². The molecule has 0 aliphatic rings. The molecule has 0 radical (unpaired) electrons. The Morgan fingerprint density at radius 2 is 1.50 bits per heavy atom. The van der Waals surface area contributed by atoms with E-state index in [2.05, 4.69) is 0 Å². The molecular formula is C16H17ClO. The van der Waals surface area contributed by atoms with E-state index in [1.165, 1.54) is 0 Å². The molecule has 0 amide bonds. The van der Waals surface area contributed by atoms with E-state index < -0.39 is 6.10 Å². The van der Waals surface area contributed by atoms with Gasteiger partial charge >= 0.3 is 0 Å². The van der Waals surface area contributed by atoms with Crippen LogP contribution in [0.25, 0.3) is 0 Å². The molecule has 0 spiro atoms. The van der Waals surface area contributed by atoms with Crippen LogP contribution in [0.5, 0.6) is 0 Å². The molecule has 2 aromatic carbocycles. The molecule has 2 aromatic rings. The summed E-state index contributed by atoms with van der Waals surface area (Å²) in [5.74, 6) is 0. The fraction of sp³-hybridized carbons (Fsp3) is 0.250. The molecule has 0 fully saturated rings. The summed E-state index contributed by atoms with van der Waals surface area (Å²) in [7, 11) is 0. The molecule has 1 nitrogen and oxygen atoms in total. The van der Waals surface area contributed by atoms with E-state index in [1.807, 2.05) is 56.3 Å². The predicted octanol–water partition coefficient (Wildman–Crippen LogP) is 4.35. The number of hydrogen-bond acceptors (Lipinski definition) is 1. The molecule has 0 unspecified atom stereocenters. The van der Waals surface area contributed by atoms with Crippen molar-refractivity contribution < 1.29 is 5.11 Å². The van der Waals surface area contributed by atoms with Gasteiger partial charge in [0.15, 0.2) is 0 Å². The second kappa shape index (κ2) is 5.13. The first-order valence-electron chi connectivity index (χ1n) is 6.01. The van der Waals surface area contributed by atoms with Crippen LogP contribution in [-0.4, -0.2) is 5.11 Å². The fourth-order valence-electron chi connectivity index (χ4n) is 2.09. The lowest BCUT2D eigenvalue weighted by molar-refractivity contribution is 0.100. The van der Waals surface area contributed by atoms with E-state index in [1.54, 1.807) is 12.1 Å². The van der Waals surface area contributed by atoms with Crippen LogP contribution in [0.2, 0.25) is 5.02 Å². The SMILES string of the molecule is CC(C)(c1ccccc1)[C@H](O)c1ccc(Cl)cc1. The van der Waals surface area contributed by atoms with E-state index in [4.69, 9.17) is 11.6 Å². The topological polar surface area (TPSA) is 20.2 Å². The van der Waals surface area contributed by atoms with Crippen LogP contribution in [0.3, 0.4) is 0 Å². The monoisotopic (exact) mass is 260 g/mol. The molecule has 0 saturated heterocycles. The Morgan fingerprint density at radius 1 is 0.944 bits per heavy atom. The third-order valence-electron chi connectivity index (χ3n) is 3.39. The van der Waals surface area contributed by atoms with Crippen LogP contribution in [0.1, 0.15) is 31.1 Å². The third kappa shape index (κ3) is 2.58. The average Bonchev–Trinajstić information content (AvgIpc) is 2.40. The summed E-state index contributed by atoms with van der Waals surface area (Å²) in [6.45, 7) is 4.09. The van der Waals surface area contributed by atoms with Gasteiger partial charge in [0.2, 0.25) is 0 Å². The van der Waals surface area contributed by atoms with Crippen LogP contribution in [0.15, 0.2) is 54.6 Å². The van der Waals surface area contributed by atoms with Gasteiger partial charge in [-0.15, -0.1) is 0 Å². The number of halogens is 1. The standard InChI is InChI=1S/C16H17ClO/c1-16(2,13-6-4-3-5-7-13)15(18)12-8-10-14(17)11-9-12/h3-11,15,18H,1-2H3/t15-/m1/s1. The van der Waals surface area contributed by atoms with Crippen molar-refractivity contribution >= 4 is 11.6 Å². The molecule has 2 rings (SSSR count). The molecule has 0 aliphatic heterocycles. The van der Waals surface area contributed by atoms with Gasteiger partial charge in [0.1, 0.15) is 0 Å². The lowest BCUT2D eigenvalue weighted by atomic mass is 9.77. The average molecular weight is 261 g/mol. The van der Waals surface area contributed by atoms with Gasteiger partial charge in [-0.2, -0.15) is 0 Å². The number of benzene rings is 2. The van der Waals surface area contributed by atoms with Crippen molar-refractivity contribution in [3.05, 3.63) is 70.7 Å². The zero-order chi connectivity index (χ0) is 13.2. The minimum atomic E-state index is -0.558. The Labute approximate surface area is 113 Å². The van der Waals surface area contributed by atoms with Gasteiger partial charge in [0.05, 0.1) is 6.10 Å². The molecule has 1 atom stereocenters. The number of rotatable bonds is 3. The summed E-state index contributed by atoms with van der Waals surface area (Å²) >= 11 is 5.87. The van der Waals surface area contributed by atoms with Crippen LogP contribution in [0.4, 0.5) is 0 Å². The van der Waals surface area contributed by atoms with Crippen molar-refractivity contribution in [3.63, 3.8) is 0 Å². The number of hydrogen-bond donors (Lipinski definition) is 1. The van der Waals surface area contributed by atoms with Crippen molar-refractivity contribution in [3.8, 4) is 0 Å². The van der Waals surface area contributed by atoms with Gasteiger partial charge < -0.3 is 5.11 Å². The smallest absolute Gasteiger partial charge is 0.0881 e. The van der Waals surface area contributed by atoms with Gasteiger partial charge in [0.25, 0.3) is 0 Å². The first-order chi connectivity index (χ1) is 8.51. The van der Waals surface area contributed by atoms with Crippen LogP contribution >= 0.6 is 11.6 Å². The Bertz CT molecular complexity index is 502. The van der Waals surface area contributed by atoms with Crippen molar-refractivity contribution in [1.29, 1.82) is 0 Å². The maximum Gasteiger partial charge on any atom is 0.0881 e. The van der Waals surface area contributed by atoms with Crippen LogP contribution in [-0.2, 0) is 5.41 Å². The molecule has 0 bridgehead atoms. The molecule has 0 heterocycles. The van der Waals surface area contributed by atoms with Crippen LogP contribution in [0, 0.1) is 0 Å². The first-order valence-corrected chi connectivity index (χ1v) is 6.38. The predicted molar refractivity (Wildman–Crippen MR) is 75.9 cm³/mol. The summed E-state index contributed by atoms with van der Waals surface area (Å²) in [6.07, 6.45) is -0.558. The maximum atomic E-state index is 10.5. The zero-order valence-corrected chi connectivity index (χ0v) is 11.4. The highest BCUT2D eigenvalue weighted by Crippen LogP contribution is 2.36. The number of aliphatic hydroxyl groups is 1. The summed E-state index contributed by atoms with van der Waals surface area (Å²) in [5, 5.41) is 11.2. The van der Waals surface area contributed by atoms with Gasteiger partial charge in [0, 0.05) is 10.4 Å².